The summed E-state index contributed by atoms with van der Waals surface area (Å²) in [4.78, 5) is 0. The molecule has 1 saturated heterocycles. The number of halogens is 1. The van der Waals surface area contributed by atoms with Crippen LogP contribution in [0.3, 0.4) is 0 Å². The Kier molecular flexibility index (Phi) is 7.32. The molecule has 2 fully saturated rings. The molecule has 0 N–H and O–H groups in total. The number of hydrogen-bond acceptors (Lipinski definition) is 2. The summed E-state index contributed by atoms with van der Waals surface area (Å²) < 4.78 is 23.0. The van der Waals surface area contributed by atoms with Gasteiger partial charge in [-0.25, -0.2) is 4.39 Å². The van der Waals surface area contributed by atoms with E-state index in [2.05, 4.69) is 26.2 Å². The van der Waals surface area contributed by atoms with E-state index >= 15 is 0 Å². The lowest BCUT2D eigenvalue weighted by Gasteiger charge is -2.33. The number of rotatable bonds is 11. The van der Waals surface area contributed by atoms with Gasteiger partial charge in [0.2, 0.25) is 0 Å². The second kappa shape index (κ2) is 8.59. The average molecular weight is 361 g/mol. The molecule has 1 aliphatic heterocycles. The van der Waals surface area contributed by atoms with Crippen LogP contribution in [0.1, 0.15) is 32.1 Å². The van der Waals surface area contributed by atoms with Crippen LogP contribution in [0.4, 0.5) is 4.39 Å². The molecule has 0 aromatic rings. The Morgan fingerprint density at radius 2 is 1.74 bits per heavy atom. The summed E-state index contributed by atoms with van der Waals surface area (Å²) >= 11 is 0. The quantitative estimate of drug-likeness (QED) is 0.284. The summed E-state index contributed by atoms with van der Waals surface area (Å²) in [6.45, 7) is 10.9. The highest BCUT2D eigenvalue weighted by Crippen LogP contribution is 2.42. The molecule has 2 nitrogen and oxygen atoms in total. The van der Waals surface area contributed by atoms with Gasteiger partial charge < -0.3 is 9.47 Å². The Balaban J connectivity index is 1.64. The summed E-state index contributed by atoms with van der Waals surface area (Å²) in [5.41, 5.74) is 1.53. The lowest BCUT2D eigenvalue weighted by atomic mass is 9.88. The van der Waals surface area contributed by atoms with Crippen molar-refractivity contribution in [1.29, 1.82) is 0 Å². The minimum absolute atomic E-state index is 0.273. The van der Waals surface area contributed by atoms with Gasteiger partial charge in [-0.15, -0.1) is 0 Å². The molecule has 5 heteroatoms. The van der Waals surface area contributed by atoms with Crippen LogP contribution in [0.25, 0.3) is 0 Å². The van der Waals surface area contributed by atoms with Crippen LogP contribution in [0.2, 0.25) is 43.9 Å². The van der Waals surface area contributed by atoms with Gasteiger partial charge >= 0.3 is 0 Å². The first kappa shape index (κ1) is 19.6. The van der Waals surface area contributed by atoms with Crippen molar-refractivity contribution in [3.8, 4) is 0 Å². The van der Waals surface area contributed by atoms with Crippen LogP contribution in [0.5, 0.6) is 0 Å². The molecule has 2 aliphatic rings. The van der Waals surface area contributed by atoms with Gasteiger partial charge in [-0.3, -0.25) is 0 Å². The molecule has 1 aliphatic carbocycles. The molecule has 2 rings (SSSR count). The number of ether oxygens (including phenoxy) is 2. The number of alkyl halides is 1. The molecule has 136 valence electrons. The van der Waals surface area contributed by atoms with E-state index in [9.17, 15) is 4.39 Å². The van der Waals surface area contributed by atoms with Crippen LogP contribution in [-0.2, 0) is 9.47 Å². The fraction of sp³-hybridized carbons (Fsp3) is 1.00. The second-order valence-electron chi connectivity index (χ2n) is 9.34. The van der Waals surface area contributed by atoms with Gasteiger partial charge in [0.15, 0.2) is 0 Å². The van der Waals surface area contributed by atoms with Gasteiger partial charge in [0.05, 0.1) is 18.8 Å². The summed E-state index contributed by atoms with van der Waals surface area (Å²) in [6, 6.07) is 2.82. The van der Waals surface area contributed by atoms with Gasteiger partial charge in [0.25, 0.3) is 0 Å². The highest BCUT2D eigenvalue weighted by Gasteiger charge is 2.44. The van der Waals surface area contributed by atoms with Crippen LogP contribution < -0.4 is 0 Å². The monoisotopic (exact) mass is 360 g/mol. The Bertz CT molecular complexity index is 363. The first-order valence-corrected chi connectivity index (χ1v) is 16.4. The van der Waals surface area contributed by atoms with E-state index < -0.39 is 16.1 Å². The van der Waals surface area contributed by atoms with Gasteiger partial charge in [0.1, 0.15) is 6.67 Å². The van der Waals surface area contributed by atoms with Crippen LogP contribution in [0, 0.1) is 5.92 Å². The largest absolute Gasteiger partial charge is 0.379 e. The smallest absolute Gasteiger partial charge is 0.113 e. The third-order valence-corrected chi connectivity index (χ3v) is 16.7. The van der Waals surface area contributed by atoms with Crippen molar-refractivity contribution in [1.82, 2.24) is 0 Å². The standard InChI is InChI=1S/C18H37FO2Si2/c1-22(2,12-5-10-20-11-9-19)15-23(3,4)13-8-16-6-7-17-18(14-16)21-17/h16-18H,5-15H2,1-4H3. The Morgan fingerprint density at radius 3 is 2.43 bits per heavy atom. The minimum Gasteiger partial charge on any atom is -0.379 e. The Morgan fingerprint density at radius 1 is 1.00 bits per heavy atom. The Labute approximate surface area is 144 Å². The predicted octanol–water partition coefficient (Wildman–Crippen LogP) is 5.28. The van der Waals surface area contributed by atoms with E-state index in [4.69, 9.17) is 9.47 Å². The lowest BCUT2D eigenvalue weighted by Crippen LogP contribution is -2.39. The minimum atomic E-state index is -1.13. The molecule has 0 bridgehead atoms. The maximum Gasteiger partial charge on any atom is 0.113 e. The van der Waals surface area contributed by atoms with E-state index in [0.717, 1.165) is 18.9 Å². The zero-order valence-electron chi connectivity index (χ0n) is 15.7. The second-order valence-corrected chi connectivity index (χ2v) is 20.4. The number of hydrogen-bond donors (Lipinski definition) is 0. The molecular weight excluding hydrogens is 323 g/mol. The van der Waals surface area contributed by atoms with Crippen molar-refractivity contribution < 1.29 is 13.9 Å². The highest BCUT2D eigenvalue weighted by atomic mass is 28.4. The van der Waals surface area contributed by atoms with Crippen LogP contribution >= 0.6 is 0 Å². The molecule has 0 aromatic heterocycles. The molecule has 0 radical (unpaired) electrons. The molecule has 3 unspecified atom stereocenters. The predicted molar refractivity (Wildman–Crippen MR) is 101 cm³/mol. The SMILES string of the molecule is C[Si](C)(CCCOCCF)C[Si](C)(C)CCC1CCC2OC2C1. The summed E-state index contributed by atoms with van der Waals surface area (Å²) in [7, 11) is -2.21. The molecular formula is C18H37FO2Si2. The van der Waals surface area contributed by atoms with Gasteiger partial charge in [0, 0.05) is 22.8 Å². The summed E-state index contributed by atoms with van der Waals surface area (Å²) in [5.74, 6) is 0.935. The van der Waals surface area contributed by atoms with Crippen molar-refractivity contribution in [3.05, 3.63) is 0 Å². The maximum absolute atomic E-state index is 12.0. The van der Waals surface area contributed by atoms with Crippen molar-refractivity contribution >= 4 is 16.1 Å². The van der Waals surface area contributed by atoms with Crippen LogP contribution in [0.15, 0.2) is 0 Å². The molecule has 1 heterocycles. The zero-order valence-corrected chi connectivity index (χ0v) is 17.7. The summed E-state index contributed by atoms with van der Waals surface area (Å²) in [6.07, 6.45) is 7.88. The van der Waals surface area contributed by atoms with E-state index in [0.29, 0.717) is 12.2 Å². The fourth-order valence-electron chi connectivity index (χ4n) is 4.63. The van der Waals surface area contributed by atoms with Gasteiger partial charge in [-0.2, -0.15) is 0 Å². The molecule has 0 aromatic carbocycles. The topological polar surface area (TPSA) is 21.8 Å². The van der Waals surface area contributed by atoms with Crippen molar-refractivity contribution in [2.45, 2.75) is 88.3 Å². The lowest BCUT2D eigenvalue weighted by molar-refractivity contribution is 0.119. The molecule has 1 saturated carbocycles. The van der Waals surface area contributed by atoms with Crippen molar-refractivity contribution in [2.24, 2.45) is 5.92 Å². The molecule has 3 atom stereocenters. The van der Waals surface area contributed by atoms with Gasteiger partial charge in [-0.05, 0) is 31.6 Å². The number of epoxide rings is 1. The normalized spacial score (nSPS) is 27.8. The molecule has 0 spiro atoms. The van der Waals surface area contributed by atoms with Crippen LogP contribution in [-0.4, -0.2) is 48.2 Å². The third kappa shape index (κ3) is 7.36. The molecule has 0 amide bonds. The first-order chi connectivity index (χ1) is 10.8. The highest BCUT2D eigenvalue weighted by molar-refractivity contribution is 6.95. The maximum atomic E-state index is 12.0. The Hall–Kier alpha value is 0.284. The van der Waals surface area contributed by atoms with E-state index in [1.54, 1.807) is 0 Å². The van der Waals surface area contributed by atoms with E-state index in [1.165, 1.54) is 43.4 Å². The van der Waals surface area contributed by atoms with Crippen molar-refractivity contribution in [2.75, 3.05) is 19.9 Å². The third-order valence-electron chi connectivity index (χ3n) is 5.66. The fourth-order valence-corrected chi connectivity index (χ4v) is 18.7. The first-order valence-electron chi connectivity index (χ1n) is 9.60. The average Bonchev–Trinajstić information content (AvgIpc) is 3.22. The molecule has 23 heavy (non-hydrogen) atoms. The van der Waals surface area contributed by atoms with Gasteiger partial charge in [-0.1, -0.05) is 50.4 Å². The summed E-state index contributed by atoms with van der Waals surface area (Å²) in [5, 5.41) is 0. The number of fused-ring (bicyclic) bond motifs is 1. The van der Waals surface area contributed by atoms with E-state index in [1.807, 2.05) is 0 Å². The van der Waals surface area contributed by atoms with E-state index in [-0.39, 0.29) is 13.3 Å². The van der Waals surface area contributed by atoms with Crippen molar-refractivity contribution in [3.63, 3.8) is 0 Å². The zero-order chi connectivity index (χ0) is 16.9.